The first kappa shape index (κ1) is 18.7. The third-order valence-electron chi connectivity index (χ3n) is 3.65. The van der Waals surface area contributed by atoms with Crippen LogP contribution in [-0.2, 0) is 0 Å². The van der Waals surface area contributed by atoms with Crippen LogP contribution in [0.1, 0.15) is 23.2 Å². The molecular formula is C14H20ClN3O3S. The topological polar surface area (TPSA) is 84.3 Å². The highest BCUT2D eigenvalue weighted by Gasteiger charge is 2.21. The van der Waals surface area contributed by atoms with E-state index in [1.807, 2.05) is 6.26 Å². The van der Waals surface area contributed by atoms with E-state index in [0.717, 1.165) is 30.8 Å². The Morgan fingerprint density at radius 3 is 2.91 bits per heavy atom. The minimum absolute atomic E-state index is 0. The molecule has 0 aromatic heterocycles. The van der Waals surface area contributed by atoms with E-state index in [9.17, 15) is 14.9 Å². The molecule has 0 bridgehead atoms. The number of benzene rings is 1. The van der Waals surface area contributed by atoms with Gasteiger partial charge in [-0.3, -0.25) is 14.9 Å². The van der Waals surface area contributed by atoms with Crippen LogP contribution in [0, 0.1) is 16.0 Å². The Balaban J connectivity index is 0.00000242. The maximum absolute atomic E-state index is 12.2. The number of hydrogen-bond donors (Lipinski definition) is 2. The fourth-order valence-corrected chi connectivity index (χ4v) is 2.87. The van der Waals surface area contributed by atoms with Gasteiger partial charge in [-0.1, -0.05) is 0 Å². The van der Waals surface area contributed by atoms with Crippen LogP contribution in [0.4, 0.5) is 5.69 Å². The quantitative estimate of drug-likeness (QED) is 0.470. The molecule has 0 saturated carbocycles. The molecule has 1 aromatic rings. The van der Waals surface area contributed by atoms with Crippen molar-refractivity contribution in [2.75, 3.05) is 25.9 Å². The molecule has 1 unspecified atom stereocenters. The molecule has 1 saturated heterocycles. The number of halogens is 1. The fourth-order valence-electron chi connectivity index (χ4n) is 2.43. The van der Waals surface area contributed by atoms with Gasteiger partial charge in [0, 0.05) is 17.5 Å². The summed E-state index contributed by atoms with van der Waals surface area (Å²) in [5, 5.41) is 17.1. The van der Waals surface area contributed by atoms with Gasteiger partial charge in [-0.25, -0.2) is 0 Å². The number of nitro benzene ring substituents is 1. The van der Waals surface area contributed by atoms with Crippen LogP contribution < -0.4 is 10.6 Å². The zero-order valence-electron chi connectivity index (χ0n) is 12.3. The minimum atomic E-state index is -0.514. The van der Waals surface area contributed by atoms with Gasteiger partial charge in [-0.05, 0) is 50.2 Å². The minimum Gasteiger partial charge on any atom is -0.352 e. The van der Waals surface area contributed by atoms with E-state index in [-0.39, 0.29) is 29.6 Å². The summed E-state index contributed by atoms with van der Waals surface area (Å²) >= 11 is 1.45. The van der Waals surface area contributed by atoms with Gasteiger partial charge in [0.05, 0.1) is 4.92 Å². The first-order valence-electron chi connectivity index (χ1n) is 6.93. The molecule has 1 aliphatic heterocycles. The molecular weight excluding hydrogens is 326 g/mol. The lowest BCUT2D eigenvalue weighted by Gasteiger charge is -2.10. The van der Waals surface area contributed by atoms with Gasteiger partial charge < -0.3 is 10.6 Å². The summed E-state index contributed by atoms with van der Waals surface area (Å²) < 4.78 is 0. The SMILES string of the molecule is CSc1ccc([N+](=O)[O-])c(C(=O)NCCC2CCNC2)c1.Cl. The van der Waals surface area contributed by atoms with E-state index in [1.54, 1.807) is 12.1 Å². The Morgan fingerprint density at radius 1 is 1.55 bits per heavy atom. The highest BCUT2D eigenvalue weighted by atomic mass is 35.5. The molecule has 1 amide bonds. The fraction of sp³-hybridized carbons (Fsp3) is 0.500. The second kappa shape index (κ2) is 8.97. The number of carbonyl (C=O) groups excluding carboxylic acids is 1. The smallest absolute Gasteiger partial charge is 0.282 e. The van der Waals surface area contributed by atoms with Gasteiger partial charge in [0.25, 0.3) is 11.6 Å². The number of nitrogens with zero attached hydrogens (tertiary/aromatic N) is 1. The largest absolute Gasteiger partial charge is 0.352 e. The lowest BCUT2D eigenvalue weighted by molar-refractivity contribution is -0.385. The summed E-state index contributed by atoms with van der Waals surface area (Å²) in [7, 11) is 0. The third-order valence-corrected chi connectivity index (χ3v) is 4.37. The predicted octanol–water partition coefficient (Wildman–Crippen LogP) is 2.47. The summed E-state index contributed by atoms with van der Waals surface area (Å²) in [4.78, 5) is 23.5. The van der Waals surface area contributed by atoms with Crippen molar-refractivity contribution in [3.8, 4) is 0 Å². The van der Waals surface area contributed by atoms with Crippen LogP contribution in [0.3, 0.4) is 0 Å². The van der Waals surface area contributed by atoms with Crippen molar-refractivity contribution in [2.45, 2.75) is 17.7 Å². The Morgan fingerprint density at radius 2 is 2.32 bits per heavy atom. The molecule has 0 radical (unpaired) electrons. The Kier molecular flexibility index (Phi) is 7.64. The predicted molar refractivity (Wildman–Crippen MR) is 90.1 cm³/mol. The first-order chi connectivity index (χ1) is 10.1. The molecule has 0 aliphatic carbocycles. The van der Waals surface area contributed by atoms with E-state index in [0.29, 0.717) is 12.5 Å². The zero-order valence-corrected chi connectivity index (χ0v) is 14.0. The van der Waals surface area contributed by atoms with Crippen molar-refractivity contribution in [3.05, 3.63) is 33.9 Å². The second-order valence-corrected chi connectivity index (χ2v) is 5.92. The monoisotopic (exact) mass is 345 g/mol. The number of amides is 1. The average molecular weight is 346 g/mol. The molecule has 1 heterocycles. The van der Waals surface area contributed by atoms with E-state index < -0.39 is 4.92 Å². The molecule has 1 fully saturated rings. The second-order valence-electron chi connectivity index (χ2n) is 5.04. The zero-order chi connectivity index (χ0) is 15.2. The number of nitro groups is 1. The van der Waals surface area contributed by atoms with E-state index in [1.165, 1.54) is 17.8 Å². The molecule has 2 N–H and O–H groups in total. The van der Waals surface area contributed by atoms with Crippen LogP contribution in [0.2, 0.25) is 0 Å². The molecule has 8 heteroatoms. The summed E-state index contributed by atoms with van der Waals surface area (Å²) in [6.07, 6.45) is 3.89. The molecule has 1 aromatic carbocycles. The lowest BCUT2D eigenvalue weighted by atomic mass is 10.1. The van der Waals surface area contributed by atoms with Crippen molar-refractivity contribution in [2.24, 2.45) is 5.92 Å². The van der Waals surface area contributed by atoms with Gasteiger partial charge in [0.1, 0.15) is 5.56 Å². The highest BCUT2D eigenvalue weighted by molar-refractivity contribution is 7.98. The van der Waals surface area contributed by atoms with Gasteiger partial charge in [0.2, 0.25) is 0 Å². The van der Waals surface area contributed by atoms with Crippen LogP contribution in [-0.4, -0.2) is 36.7 Å². The number of rotatable bonds is 6. The standard InChI is InChI=1S/C14H19N3O3S.ClH/c1-21-11-2-3-13(17(19)20)12(8-11)14(18)16-7-5-10-4-6-15-9-10;/h2-3,8,10,15H,4-7,9H2,1H3,(H,16,18);1H. The molecule has 122 valence electrons. The number of thioether (sulfide) groups is 1. The van der Waals surface area contributed by atoms with Gasteiger partial charge in [0.15, 0.2) is 0 Å². The Labute approximate surface area is 140 Å². The van der Waals surface area contributed by atoms with E-state index >= 15 is 0 Å². The molecule has 6 nitrogen and oxygen atoms in total. The van der Waals surface area contributed by atoms with E-state index in [2.05, 4.69) is 10.6 Å². The first-order valence-corrected chi connectivity index (χ1v) is 8.15. The number of hydrogen-bond acceptors (Lipinski definition) is 5. The normalized spacial score (nSPS) is 16.9. The molecule has 0 spiro atoms. The van der Waals surface area contributed by atoms with Crippen LogP contribution in [0.5, 0.6) is 0 Å². The van der Waals surface area contributed by atoms with Crippen molar-refractivity contribution in [3.63, 3.8) is 0 Å². The maximum Gasteiger partial charge on any atom is 0.282 e. The molecule has 1 atom stereocenters. The summed E-state index contributed by atoms with van der Waals surface area (Å²) in [5.41, 5.74) is -0.00997. The van der Waals surface area contributed by atoms with Crippen molar-refractivity contribution in [1.29, 1.82) is 0 Å². The van der Waals surface area contributed by atoms with Crippen LogP contribution in [0.15, 0.2) is 23.1 Å². The lowest BCUT2D eigenvalue weighted by Crippen LogP contribution is -2.27. The number of carbonyl (C=O) groups is 1. The highest BCUT2D eigenvalue weighted by Crippen LogP contribution is 2.24. The van der Waals surface area contributed by atoms with Gasteiger partial charge >= 0.3 is 0 Å². The van der Waals surface area contributed by atoms with Crippen molar-refractivity contribution in [1.82, 2.24) is 10.6 Å². The van der Waals surface area contributed by atoms with Gasteiger partial charge in [-0.2, -0.15) is 0 Å². The van der Waals surface area contributed by atoms with Crippen molar-refractivity contribution < 1.29 is 9.72 Å². The summed E-state index contributed by atoms with van der Waals surface area (Å²) in [6, 6.07) is 4.63. The number of nitrogens with one attached hydrogen (secondary N) is 2. The van der Waals surface area contributed by atoms with Crippen molar-refractivity contribution >= 4 is 35.8 Å². The van der Waals surface area contributed by atoms with Crippen LogP contribution >= 0.6 is 24.2 Å². The molecule has 22 heavy (non-hydrogen) atoms. The Bertz CT molecular complexity index is 536. The Hall–Kier alpha value is -1.31. The third kappa shape index (κ3) is 4.86. The summed E-state index contributed by atoms with van der Waals surface area (Å²) in [6.45, 7) is 2.56. The molecule has 2 rings (SSSR count). The van der Waals surface area contributed by atoms with E-state index in [4.69, 9.17) is 0 Å². The maximum atomic E-state index is 12.2. The van der Waals surface area contributed by atoms with Crippen LogP contribution in [0.25, 0.3) is 0 Å². The average Bonchev–Trinajstić information content (AvgIpc) is 2.99. The molecule has 1 aliphatic rings. The summed E-state index contributed by atoms with van der Waals surface area (Å²) in [5.74, 6) is 0.210. The van der Waals surface area contributed by atoms with Gasteiger partial charge in [-0.15, -0.1) is 24.2 Å².